The number of esters is 1. The molecular weight excluding hydrogens is 423 g/mol. The van der Waals surface area contributed by atoms with Gasteiger partial charge in [0.2, 0.25) is 0 Å². The zero-order valence-electron chi connectivity index (χ0n) is 15.8. The predicted molar refractivity (Wildman–Crippen MR) is 104 cm³/mol. The summed E-state index contributed by atoms with van der Waals surface area (Å²) in [5.41, 5.74) is 0.836. The van der Waals surface area contributed by atoms with Gasteiger partial charge in [0, 0.05) is 11.9 Å². The number of rotatable bonds is 6. The van der Waals surface area contributed by atoms with Gasteiger partial charge in [0.05, 0.1) is 5.52 Å². The van der Waals surface area contributed by atoms with Crippen LogP contribution in [0, 0.1) is 0 Å². The van der Waals surface area contributed by atoms with E-state index in [9.17, 15) is 22.8 Å². The number of carbonyl (C=O) groups excluding carboxylic acids is 2. The summed E-state index contributed by atoms with van der Waals surface area (Å²) in [6, 6.07) is 9.84. The second-order valence-electron chi connectivity index (χ2n) is 6.01. The van der Waals surface area contributed by atoms with Crippen molar-refractivity contribution in [1.82, 2.24) is 9.38 Å². The lowest BCUT2D eigenvalue weighted by Crippen LogP contribution is -2.30. The van der Waals surface area contributed by atoms with Gasteiger partial charge in [0.15, 0.2) is 17.0 Å². The number of thioether (sulfide) groups is 1. The molecule has 0 saturated heterocycles. The van der Waals surface area contributed by atoms with Crippen LogP contribution in [0.2, 0.25) is 0 Å². The Bertz CT molecular complexity index is 1070. The maximum absolute atomic E-state index is 12.5. The molecule has 1 N–H and O–H groups in total. The van der Waals surface area contributed by atoms with E-state index in [4.69, 9.17) is 4.74 Å². The number of pyridine rings is 1. The second kappa shape index (κ2) is 8.66. The Labute approximate surface area is 173 Å². The number of hydrogen-bond acceptors (Lipinski definition) is 6. The molecule has 3 aromatic rings. The van der Waals surface area contributed by atoms with Crippen LogP contribution in [0.3, 0.4) is 0 Å². The van der Waals surface area contributed by atoms with Crippen molar-refractivity contribution in [3.8, 4) is 5.75 Å². The third kappa shape index (κ3) is 5.03. The van der Waals surface area contributed by atoms with Crippen molar-refractivity contribution < 1.29 is 32.2 Å². The molecule has 0 aliphatic carbocycles. The standard InChI is InChI=1S/C19H16F3N3O4S/c1-11(16(26)23-12-6-8-13(9-7-12)29-19(20,21)22)28-17(27)15-14-5-3-4-10-25(14)18(24-15)30-2/h3-11H,1-2H3,(H,23,26). The van der Waals surface area contributed by atoms with Gasteiger partial charge in [-0.1, -0.05) is 17.8 Å². The highest BCUT2D eigenvalue weighted by Gasteiger charge is 2.31. The van der Waals surface area contributed by atoms with Crippen LogP contribution >= 0.6 is 11.8 Å². The van der Waals surface area contributed by atoms with E-state index < -0.39 is 30.1 Å². The van der Waals surface area contributed by atoms with Crippen LogP contribution in [-0.2, 0) is 9.53 Å². The Kier molecular flexibility index (Phi) is 6.20. The molecular formula is C19H16F3N3O4S. The molecule has 1 unspecified atom stereocenters. The van der Waals surface area contributed by atoms with Gasteiger partial charge in [0.1, 0.15) is 5.75 Å². The molecule has 0 bridgehead atoms. The molecule has 30 heavy (non-hydrogen) atoms. The second-order valence-corrected chi connectivity index (χ2v) is 6.79. The number of nitrogens with one attached hydrogen (secondary N) is 1. The van der Waals surface area contributed by atoms with Gasteiger partial charge in [-0.15, -0.1) is 13.2 Å². The van der Waals surface area contributed by atoms with Crippen LogP contribution in [0.5, 0.6) is 5.75 Å². The number of alkyl halides is 3. The summed E-state index contributed by atoms with van der Waals surface area (Å²) >= 11 is 1.35. The first-order valence-corrected chi connectivity index (χ1v) is 9.79. The first-order chi connectivity index (χ1) is 14.2. The summed E-state index contributed by atoms with van der Waals surface area (Å²) < 4.78 is 47.3. The average molecular weight is 439 g/mol. The number of aromatic nitrogens is 2. The lowest BCUT2D eigenvalue weighted by Gasteiger charge is -2.13. The van der Waals surface area contributed by atoms with E-state index in [-0.39, 0.29) is 11.4 Å². The average Bonchev–Trinajstić information content (AvgIpc) is 3.07. The molecule has 0 aliphatic rings. The van der Waals surface area contributed by atoms with Gasteiger partial charge >= 0.3 is 12.3 Å². The molecule has 11 heteroatoms. The van der Waals surface area contributed by atoms with Crippen LogP contribution in [-0.4, -0.2) is 40.0 Å². The number of imidazole rings is 1. The number of carbonyl (C=O) groups is 2. The van der Waals surface area contributed by atoms with Crippen LogP contribution in [0.25, 0.3) is 5.52 Å². The minimum atomic E-state index is -4.80. The van der Waals surface area contributed by atoms with Gasteiger partial charge in [-0.05, 0) is 49.6 Å². The zero-order chi connectivity index (χ0) is 21.9. The fourth-order valence-electron chi connectivity index (χ4n) is 2.56. The normalized spacial score (nSPS) is 12.4. The molecule has 2 heterocycles. The summed E-state index contributed by atoms with van der Waals surface area (Å²) in [6.45, 7) is 1.38. The topological polar surface area (TPSA) is 81.9 Å². The van der Waals surface area contributed by atoms with Crippen LogP contribution < -0.4 is 10.1 Å². The number of ether oxygens (including phenoxy) is 2. The Morgan fingerprint density at radius 1 is 1.17 bits per heavy atom. The maximum atomic E-state index is 12.5. The van der Waals surface area contributed by atoms with Crippen molar-refractivity contribution in [1.29, 1.82) is 0 Å². The van der Waals surface area contributed by atoms with Gasteiger partial charge in [-0.25, -0.2) is 9.78 Å². The monoisotopic (exact) mass is 439 g/mol. The molecule has 0 saturated carbocycles. The van der Waals surface area contributed by atoms with Crippen LogP contribution in [0.4, 0.5) is 18.9 Å². The molecule has 3 rings (SSSR count). The highest BCUT2D eigenvalue weighted by atomic mass is 32.2. The number of fused-ring (bicyclic) bond motifs is 1. The fraction of sp³-hybridized carbons (Fsp3) is 0.211. The third-order valence-corrected chi connectivity index (χ3v) is 4.55. The molecule has 0 fully saturated rings. The van der Waals surface area contributed by atoms with Crippen molar-refractivity contribution in [2.75, 3.05) is 11.6 Å². The van der Waals surface area contributed by atoms with Gasteiger partial charge < -0.3 is 14.8 Å². The summed E-state index contributed by atoms with van der Waals surface area (Å²) in [4.78, 5) is 29.1. The van der Waals surface area contributed by atoms with Crippen molar-refractivity contribution in [2.24, 2.45) is 0 Å². The molecule has 0 spiro atoms. The summed E-state index contributed by atoms with van der Waals surface area (Å²) in [6.07, 6.45) is -2.40. The number of anilines is 1. The number of benzene rings is 1. The first-order valence-electron chi connectivity index (χ1n) is 8.56. The number of amides is 1. The molecule has 1 atom stereocenters. The highest BCUT2D eigenvalue weighted by Crippen LogP contribution is 2.24. The largest absolute Gasteiger partial charge is 0.573 e. The van der Waals surface area contributed by atoms with E-state index in [1.165, 1.54) is 30.8 Å². The Morgan fingerprint density at radius 2 is 1.87 bits per heavy atom. The van der Waals surface area contributed by atoms with E-state index in [0.29, 0.717) is 10.7 Å². The summed E-state index contributed by atoms with van der Waals surface area (Å²) in [7, 11) is 0. The molecule has 1 aromatic carbocycles. The van der Waals surface area contributed by atoms with Gasteiger partial charge in [-0.2, -0.15) is 0 Å². The molecule has 0 radical (unpaired) electrons. The van der Waals surface area contributed by atoms with Gasteiger partial charge in [-0.3, -0.25) is 9.20 Å². The van der Waals surface area contributed by atoms with Crippen LogP contribution in [0.1, 0.15) is 17.4 Å². The Morgan fingerprint density at radius 3 is 2.50 bits per heavy atom. The summed E-state index contributed by atoms with van der Waals surface area (Å²) in [5.74, 6) is -1.84. The third-order valence-electron chi connectivity index (χ3n) is 3.90. The zero-order valence-corrected chi connectivity index (χ0v) is 16.6. The van der Waals surface area contributed by atoms with E-state index >= 15 is 0 Å². The highest BCUT2D eigenvalue weighted by molar-refractivity contribution is 7.98. The molecule has 2 aromatic heterocycles. The Hall–Kier alpha value is -3.21. The minimum absolute atomic E-state index is 0.0771. The first kappa shape index (κ1) is 21.5. The summed E-state index contributed by atoms with van der Waals surface area (Å²) in [5, 5.41) is 3.05. The smallest absolute Gasteiger partial charge is 0.448 e. The van der Waals surface area contributed by atoms with Gasteiger partial charge in [0.25, 0.3) is 5.91 Å². The lowest BCUT2D eigenvalue weighted by atomic mass is 10.2. The quantitative estimate of drug-likeness (QED) is 0.459. The van der Waals surface area contributed by atoms with Crippen molar-refractivity contribution in [3.63, 3.8) is 0 Å². The number of halogens is 3. The fourth-order valence-corrected chi connectivity index (χ4v) is 3.10. The van der Waals surface area contributed by atoms with E-state index in [2.05, 4.69) is 15.0 Å². The van der Waals surface area contributed by atoms with Crippen LogP contribution in [0.15, 0.2) is 53.8 Å². The van der Waals surface area contributed by atoms with E-state index in [0.717, 1.165) is 12.1 Å². The molecule has 158 valence electrons. The molecule has 7 nitrogen and oxygen atoms in total. The molecule has 1 amide bonds. The van der Waals surface area contributed by atoms with E-state index in [1.807, 2.05) is 6.26 Å². The maximum Gasteiger partial charge on any atom is 0.573 e. The van der Waals surface area contributed by atoms with E-state index in [1.54, 1.807) is 28.8 Å². The van der Waals surface area contributed by atoms with Crippen molar-refractivity contribution >= 4 is 34.8 Å². The number of hydrogen-bond donors (Lipinski definition) is 1. The SMILES string of the molecule is CSc1nc(C(=O)OC(C)C(=O)Nc2ccc(OC(F)(F)F)cc2)c2ccccn12. The lowest BCUT2D eigenvalue weighted by molar-refractivity contribution is -0.274. The Balaban J connectivity index is 1.65. The predicted octanol–water partition coefficient (Wildman–Crippen LogP) is 4.14. The molecule has 0 aliphatic heterocycles. The van der Waals surface area contributed by atoms with Crippen molar-refractivity contribution in [3.05, 3.63) is 54.4 Å². The van der Waals surface area contributed by atoms with Crippen molar-refractivity contribution in [2.45, 2.75) is 24.5 Å². The number of nitrogens with zero attached hydrogens (tertiary/aromatic N) is 2. The minimum Gasteiger partial charge on any atom is -0.448 e.